The van der Waals surface area contributed by atoms with E-state index in [1.165, 1.54) is 5.56 Å². The van der Waals surface area contributed by atoms with Crippen molar-refractivity contribution in [2.75, 3.05) is 6.54 Å². The van der Waals surface area contributed by atoms with Gasteiger partial charge in [0.05, 0.1) is 6.04 Å². The van der Waals surface area contributed by atoms with Crippen LogP contribution in [0.3, 0.4) is 0 Å². The van der Waals surface area contributed by atoms with E-state index in [0.29, 0.717) is 6.54 Å². The number of carbonyl (C=O) groups is 1. The predicted molar refractivity (Wildman–Crippen MR) is 75.2 cm³/mol. The second kappa shape index (κ2) is 7.88. The van der Waals surface area contributed by atoms with Gasteiger partial charge in [-0.2, -0.15) is 0 Å². The molecule has 0 bridgehead atoms. The van der Waals surface area contributed by atoms with E-state index in [9.17, 15) is 4.79 Å². The van der Waals surface area contributed by atoms with Crippen molar-refractivity contribution >= 4 is 5.91 Å². The Bertz CT molecular complexity index is 351. The fraction of sp³-hybridized carbons (Fsp3) is 0.533. The largest absolute Gasteiger partial charge is 0.355 e. The maximum absolute atomic E-state index is 11.7. The molecule has 18 heavy (non-hydrogen) atoms. The molecule has 0 saturated heterocycles. The molecule has 0 aliphatic heterocycles. The third-order valence-electron chi connectivity index (χ3n) is 3.34. The standard InChI is InChI=1S/C15H24N2O/c1-3-12(2)14(16)15(18)17-11-7-10-13-8-5-4-6-9-13/h4-6,8-9,12,14H,3,7,10-11,16H2,1-2H3,(H,17,18). The van der Waals surface area contributed by atoms with Crippen LogP contribution >= 0.6 is 0 Å². The highest BCUT2D eigenvalue weighted by atomic mass is 16.2. The normalized spacial score (nSPS) is 13.9. The fourth-order valence-corrected chi connectivity index (χ4v) is 1.78. The number of nitrogens with one attached hydrogen (secondary N) is 1. The van der Waals surface area contributed by atoms with Gasteiger partial charge in [-0.3, -0.25) is 4.79 Å². The molecule has 0 spiro atoms. The van der Waals surface area contributed by atoms with Crippen molar-refractivity contribution in [2.24, 2.45) is 11.7 Å². The van der Waals surface area contributed by atoms with Gasteiger partial charge in [0.2, 0.25) is 5.91 Å². The minimum atomic E-state index is -0.383. The van der Waals surface area contributed by atoms with Crippen LogP contribution < -0.4 is 11.1 Å². The van der Waals surface area contributed by atoms with Gasteiger partial charge in [-0.15, -0.1) is 0 Å². The van der Waals surface area contributed by atoms with E-state index >= 15 is 0 Å². The number of aryl methyl sites for hydroxylation is 1. The summed E-state index contributed by atoms with van der Waals surface area (Å²) < 4.78 is 0. The van der Waals surface area contributed by atoms with E-state index in [2.05, 4.69) is 17.4 Å². The molecule has 2 unspecified atom stereocenters. The first-order valence-corrected chi connectivity index (χ1v) is 6.72. The van der Waals surface area contributed by atoms with E-state index in [4.69, 9.17) is 5.73 Å². The van der Waals surface area contributed by atoms with Crippen LogP contribution in [0.15, 0.2) is 30.3 Å². The summed E-state index contributed by atoms with van der Waals surface area (Å²) in [6.07, 6.45) is 2.86. The van der Waals surface area contributed by atoms with Crippen molar-refractivity contribution in [1.82, 2.24) is 5.32 Å². The Kier molecular flexibility index (Phi) is 6.44. The minimum Gasteiger partial charge on any atom is -0.355 e. The molecule has 0 fully saturated rings. The molecule has 0 aliphatic rings. The molecule has 0 saturated carbocycles. The van der Waals surface area contributed by atoms with Crippen LogP contribution in [-0.2, 0) is 11.2 Å². The third kappa shape index (κ3) is 4.88. The number of amides is 1. The summed E-state index contributed by atoms with van der Waals surface area (Å²) in [5, 5.41) is 2.90. The van der Waals surface area contributed by atoms with Gasteiger partial charge in [0.15, 0.2) is 0 Å². The molecule has 0 radical (unpaired) electrons. The Morgan fingerprint density at radius 3 is 2.61 bits per heavy atom. The zero-order chi connectivity index (χ0) is 13.4. The van der Waals surface area contributed by atoms with Crippen molar-refractivity contribution < 1.29 is 4.79 Å². The molecule has 3 N–H and O–H groups in total. The van der Waals surface area contributed by atoms with Crippen LogP contribution in [0.1, 0.15) is 32.3 Å². The van der Waals surface area contributed by atoms with Crippen LogP contribution in [0.25, 0.3) is 0 Å². The highest BCUT2D eigenvalue weighted by molar-refractivity contribution is 5.81. The fourth-order valence-electron chi connectivity index (χ4n) is 1.78. The lowest BCUT2D eigenvalue weighted by Crippen LogP contribution is -2.44. The smallest absolute Gasteiger partial charge is 0.237 e. The Labute approximate surface area is 110 Å². The number of hydrogen-bond acceptors (Lipinski definition) is 2. The number of carbonyl (C=O) groups excluding carboxylic acids is 1. The molecule has 3 heteroatoms. The second-order valence-corrected chi connectivity index (χ2v) is 4.79. The van der Waals surface area contributed by atoms with Crippen LogP contribution in [0.5, 0.6) is 0 Å². The molecule has 100 valence electrons. The van der Waals surface area contributed by atoms with Crippen LogP contribution in [0, 0.1) is 5.92 Å². The summed E-state index contributed by atoms with van der Waals surface area (Å²) in [6.45, 7) is 4.75. The topological polar surface area (TPSA) is 55.1 Å². The Hall–Kier alpha value is -1.35. The van der Waals surface area contributed by atoms with E-state index in [0.717, 1.165) is 19.3 Å². The third-order valence-corrected chi connectivity index (χ3v) is 3.34. The molecule has 1 aromatic rings. The Balaban J connectivity index is 2.20. The van der Waals surface area contributed by atoms with Gasteiger partial charge < -0.3 is 11.1 Å². The highest BCUT2D eigenvalue weighted by Crippen LogP contribution is 2.05. The number of nitrogens with two attached hydrogens (primary N) is 1. The quantitative estimate of drug-likeness (QED) is 0.726. The maximum atomic E-state index is 11.7. The van der Waals surface area contributed by atoms with E-state index in [1.807, 2.05) is 32.0 Å². The molecule has 1 rings (SSSR count). The summed E-state index contributed by atoms with van der Waals surface area (Å²) in [5.74, 6) is 0.205. The van der Waals surface area contributed by atoms with Gasteiger partial charge >= 0.3 is 0 Å². The first kappa shape index (κ1) is 14.7. The van der Waals surface area contributed by atoms with Gasteiger partial charge in [0.25, 0.3) is 0 Å². The van der Waals surface area contributed by atoms with Gasteiger partial charge in [0, 0.05) is 6.54 Å². The number of rotatable bonds is 7. The van der Waals surface area contributed by atoms with Crippen molar-refractivity contribution in [2.45, 2.75) is 39.2 Å². The lowest BCUT2D eigenvalue weighted by Gasteiger charge is -2.17. The van der Waals surface area contributed by atoms with Crippen LogP contribution in [0.2, 0.25) is 0 Å². The molecular formula is C15H24N2O. The average molecular weight is 248 g/mol. The second-order valence-electron chi connectivity index (χ2n) is 4.79. The zero-order valence-electron chi connectivity index (χ0n) is 11.4. The van der Waals surface area contributed by atoms with Crippen LogP contribution in [-0.4, -0.2) is 18.5 Å². The molecule has 0 heterocycles. The lowest BCUT2D eigenvalue weighted by atomic mass is 9.99. The van der Waals surface area contributed by atoms with E-state index in [-0.39, 0.29) is 17.9 Å². The minimum absolute atomic E-state index is 0.0302. The van der Waals surface area contributed by atoms with E-state index < -0.39 is 0 Å². The average Bonchev–Trinajstić information content (AvgIpc) is 2.42. The first-order chi connectivity index (χ1) is 8.65. The highest BCUT2D eigenvalue weighted by Gasteiger charge is 2.18. The van der Waals surface area contributed by atoms with Crippen molar-refractivity contribution in [3.8, 4) is 0 Å². The summed E-state index contributed by atoms with van der Waals surface area (Å²) in [7, 11) is 0. The lowest BCUT2D eigenvalue weighted by molar-refractivity contribution is -0.123. The number of benzene rings is 1. The number of hydrogen-bond donors (Lipinski definition) is 2. The summed E-state index contributed by atoms with van der Waals surface area (Å²) in [4.78, 5) is 11.7. The Morgan fingerprint density at radius 2 is 2.00 bits per heavy atom. The van der Waals surface area contributed by atoms with Gasteiger partial charge in [-0.05, 0) is 24.3 Å². The molecular weight excluding hydrogens is 224 g/mol. The van der Waals surface area contributed by atoms with Crippen LogP contribution in [0.4, 0.5) is 0 Å². The summed E-state index contributed by atoms with van der Waals surface area (Å²) in [6, 6.07) is 9.90. The van der Waals surface area contributed by atoms with E-state index in [1.54, 1.807) is 0 Å². The first-order valence-electron chi connectivity index (χ1n) is 6.72. The monoisotopic (exact) mass is 248 g/mol. The Morgan fingerprint density at radius 1 is 1.33 bits per heavy atom. The van der Waals surface area contributed by atoms with Gasteiger partial charge in [0.1, 0.15) is 0 Å². The molecule has 3 nitrogen and oxygen atoms in total. The summed E-state index contributed by atoms with van der Waals surface area (Å²) in [5.41, 5.74) is 7.16. The SMILES string of the molecule is CCC(C)C(N)C(=O)NCCCc1ccccc1. The molecule has 1 amide bonds. The van der Waals surface area contributed by atoms with Crippen molar-refractivity contribution in [3.63, 3.8) is 0 Å². The van der Waals surface area contributed by atoms with Crippen molar-refractivity contribution in [3.05, 3.63) is 35.9 Å². The molecule has 1 aromatic carbocycles. The van der Waals surface area contributed by atoms with Gasteiger partial charge in [-0.1, -0.05) is 50.6 Å². The maximum Gasteiger partial charge on any atom is 0.237 e. The molecule has 0 aliphatic carbocycles. The predicted octanol–water partition coefficient (Wildman–Crippen LogP) is 2.11. The zero-order valence-corrected chi connectivity index (χ0v) is 11.4. The molecule has 2 atom stereocenters. The van der Waals surface area contributed by atoms with Gasteiger partial charge in [-0.25, -0.2) is 0 Å². The van der Waals surface area contributed by atoms with Crippen molar-refractivity contribution in [1.29, 1.82) is 0 Å². The summed E-state index contributed by atoms with van der Waals surface area (Å²) >= 11 is 0. The molecule has 0 aromatic heterocycles.